The van der Waals surface area contributed by atoms with Gasteiger partial charge in [0.1, 0.15) is 0 Å². The maximum absolute atomic E-state index is 14.0. The van der Waals surface area contributed by atoms with Crippen molar-refractivity contribution in [3.8, 4) is 0 Å². The monoisotopic (exact) mass is 267 g/mol. The van der Waals surface area contributed by atoms with Crippen LogP contribution in [0.15, 0.2) is 18.2 Å². The van der Waals surface area contributed by atoms with Crippen LogP contribution in [0.2, 0.25) is 0 Å². The highest BCUT2D eigenvalue weighted by atomic mass is 19.1. The average molecular weight is 267 g/mol. The van der Waals surface area contributed by atoms with Crippen molar-refractivity contribution in [2.24, 2.45) is 0 Å². The summed E-state index contributed by atoms with van der Waals surface area (Å²) in [7, 11) is 4.06. The third-order valence-electron chi connectivity index (χ3n) is 3.63. The Morgan fingerprint density at radius 2 is 2.26 bits per heavy atom. The fourth-order valence-electron chi connectivity index (χ4n) is 2.45. The van der Waals surface area contributed by atoms with E-state index < -0.39 is 16.4 Å². The molecule has 1 unspecified atom stereocenters. The highest BCUT2D eigenvalue weighted by molar-refractivity contribution is 5.36. The Labute approximate surface area is 111 Å². The first kappa shape index (κ1) is 13.9. The highest BCUT2D eigenvalue weighted by Crippen LogP contribution is 2.23. The van der Waals surface area contributed by atoms with Crippen molar-refractivity contribution in [3.05, 3.63) is 39.7 Å². The summed E-state index contributed by atoms with van der Waals surface area (Å²) in [6.07, 6.45) is 1.05. The molecule has 0 amide bonds. The van der Waals surface area contributed by atoms with Gasteiger partial charge >= 0.3 is 5.69 Å². The SMILES string of the molecule is CN(C)C1CCN(Cc2cccc([N+](=O)[O-])c2F)C1. The Balaban J connectivity index is 2.08. The lowest BCUT2D eigenvalue weighted by Crippen LogP contribution is -2.31. The second-order valence-corrected chi connectivity index (χ2v) is 5.15. The Kier molecular flexibility index (Phi) is 4.11. The number of nitro benzene ring substituents is 1. The van der Waals surface area contributed by atoms with Crippen LogP contribution in [0.3, 0.4) is 0 Å². The van der Waals surface area contributed by atoms with Crippen molar-refractivity contribution in [2.45, 2.75) is 19.0 Å². The van der Waals surface area contributed by atoms with Gasteiger partial charge in [0.05, 0.1) is 4.92 Å². The van der Waals surface area contributed by atoms with Gasteiger partial charge in [0.15, 0.2) is 0 Å². The summed E-state index contributed by atoms with van der Waals surface area (Å²) in [6, 6.07) is 4.83. The van der Waals surface area contributed by atoms with Crippen LogP contribution in [0.25, 0.3) is 0 Å². The minimum absolute atomic E-state index is 0.397. The molecule has 0 saturated carbocycles. The predicted molar refractivity (Wildman–Crippen MR) is 70.4 cm³/mol. The first-order valence-electron chi connectivity index (χ1n) is 6.29. The Hall–Kier alpha value is -1.53. The summed E-state index contributed by atoms with van der Waals surface area (Å²) in [5, 5.41) is 10.7. The molecule has 1 aromatic carbocycles. The lowest BCUT2D eigenvalue weighted by molar-refractivity contribution is -0.387. The molecule has 1 aromatic rings. The van der Waals surface area contributed by atoms with Gasteiger partial charge in [-0.05, 0) is 20.5 Å². The van der Waals surface area contributed by atoms with Crippen molar-refractivity contribution in [1.29, 1.82) is 0 Å². The largest absolute Gasteiger partial charge is 0.305 e. The van der Waals surface area contributed by atoms with Gasteiger partial charge in [-0.1, -0.05) is 12.1 Å². The fourth-order valence-corrected chi connectivity index (χ4v) is 2.45. The molecule has 1 aliphatic rings. The third kappa shape index (κ3) is 3.08. The van der Waals surface area contributed by atoms with Gasteiger partial charge in [0.25, 0.3) is 0 Å². The second-order valence-electron chi connectivity index (χ2n) is 5.15. The van der Waals surface area contributed by atoms with Gasteiger partial charge in [-0.2, -0.15) is 4.39 Å². The molecule has 1 saturated heterocycles. The molecular weight excluding hydrogens is 249 g/mol. The molecular formula is C13H18FN3O2. The van der Waals surface area contributed by atoms with Crippen LogP contribution in [-0.2, 0) is 6.54 Å². The summed E-state index contributed by atoms with van der Waals surface area (Å²) in [5.74, 6) is -0.708. The van der Waals surface area contributed by atoms with E-state index in [0.29, 0.717) is 18.2 Å². The quantitative estimate of drug-likeness (QED) is 0.617. The molecule has 2 rings (SSSR count). The van der Waals surface area contributed by atoms with Crippen molar-refractivity contribution in [1.82, 2.24) is 9.80 Å². The smallest absolute Gasteiger partial charge is 0.305 e. The zero-order valence-electron chi connectivity index (χ0n) is 11.2. The van der Waals surface area contributed by atoms with E-state index in [1.807, 2.05) is 14.1 Å². The van der Waals surface area contributed by atoms with Crippen molar-refractivity contribution in [2.75, 3.05) is 27.2 Å². The number of hydrogen-bond donors (Lipinski definition) is 0. The molecule has 1 heterocycles. The number of rotatable bonds is 4. The third-order valence-corrected chi connectivity index (χ3v) is 3.63. The van der Waals surface area contributed by atoms with Crippen LogP contribution in [0.5, 0.6) is 0 Å². The van der Waals surface area contributed by atoms with Crippen LogP contribution in [-0.4, -0.2) is 47.9 Å². The van der Waals surface area contributed by atoms with E-state index in [2.05, 4.69) is 9.80 Å². The number of benzene rings is 1. The summed E-state index contributed by atoms with van der Waals surface area (Å²) < 4.78 is 14.0. The van der Waals surface area contributed by atoms with E-state index in [9.17, 15) is 14.5 Å². The number of likely N-dealkylation sites (tertiary alicyclic amines) is 1. The van der Waals surface area contributed by atoms with Crippen LogP contribution in [0.1, 0.15) is 12.0 Å². The summed E-state index contributed by atoms with van der Waals surface area (Å²) in [4.78, 5) is 14.3. The Morgan fingerprint density at radius 3 is 2.84 bits per heavy atom. The lowest BCUT2D eigenvalue weighted by atomic mass is 10.1. The van der Waals surface area contributed by atoms with E-state index in [1.165, 1.54) is 12.1 Å². The van der Waals surface area contributed by atoms with E-state index in [4.69, 9.17) is 0 Å². The number of hydrogen-bond acceptors (Lipinski definition) is 4. The molecule has 0 bridgehead atoms. The molecule has 0 radical (unpaired) electrons. The topological polar surface area (TPSA) is 49.6 Å². The first-order chi connectivity index (χ1) is 8.99. The van der Waals surface area contributed by atoms with E-state index in [1.54, 1.807) is 6.07 Å². The molecule has 5 nitrogen and oxygen atoms in total. The number of nitro groups is 1. The minimum atomic E-state index is -0.708. The average Bonchev–Trinajstić information content (AvgIpc) is 2.80. The highest BCUT2D eigenvalue weighted by Gasteiger charge is 2.26. The van der Waals surface area contributed by atoms with Crippen LogP contribution >= 0.6 is 0 Å². The molecule has 104 valence electrons. The molecule has 0 aromatic heterocycles. The molecule has 6 heteroatoms. The second kappa shape index (κ2) is 5.63. The zero-order valence-corrected chi connectivity index (χ0v) is 11.2. The van der Waals surface area contributed by atoms with Gasteiger partial charge in [-0.25, -0.2) is 0 Å². The van der Waals surface area contributed by atoms with Gasteiger partial charge in [-0.15, -0.1) is 0 Å². The summed E-state index contributed by atoms with van der Waals surface area (Å²) in [6.45, 7) is 2.19. The Bertz CT molecular complexity index is 479. The van der Waals surface area contributed by atoms with Crippen molar-refractivity contribution >= 4 is 5.69 Å². The minimum Gasteiger partial charge on any atom is -0.305 e. The van der Waals surface area contributed by atoms with Gasteiger partial charge < -0.3 is 4.90 Å². The summed E-state index contributed by atoms with van der Waals surface area (Å²) in [5.41, 5.74) is -0.0468. The van der Waals surface area contributed by atoms with Gasteiger partial charge in [-0.3, -0.25) is 15.0 Å². The molecule has 1 aliphatic heterocycles. The molecule has 1 fully saturated rings. The lowest BCUT2D eigenvalue weighted by Gasteiger charge is -2.20. The molecule has 19 heavy (non-hydrogen) atoms. The molecule has 0 aliphatic carbocycles. The molecule has 0 N–H and O–H groups in total. The maximum Gasteiger partial charge on any atom is 0.305 e. The van der Waals surface area contributed by atoms with Gasteiger partial charge in [0, 0.05) is 37.3 Å². The van der Waals surface area contributed by atoms with Gasteiger partial charge in [0.2, 0.25) is 5.82 Å². The normalized spacial score (nSPS) is 20.1. The number of nitrogens with zero attached hydrogens (tertiary/aromatic N) is 3. The predicted octanol–water partition coefficient (Wildman–Crippen LogP) is 1.87. The van der Waals surface area contributed by atoms with Crippen molar-refractivity contribution < 1.29 is 9.31 Å². The van der Waals surface area contributed by atoms with E-state index in [0.717, 1.165) is 19.5 Å². The van der Waals surface area contributed by atoms with Crippen LogP contribution < -0.4 is 0 Å². The van der Waals surface area contributed by atoms with E-state index >= 15 is 0 Å². The number of likely N-dealkylation sites (N-methyl/N-ethyl adjacent to an activating group) is 1. The standard InChI is InChI=1S/C13H18FN3O2/c1-15(2)11-6-7-16(9-11)8-10-4-3-5-12(13(10)14)17(18)19/h3-5,11H,6-9H2,1-2H3. The first-order valence-corrected chi connectivity index (χ1v) is 6.29. The molecule has 1 atom stereocenters. The van der Waals surface area contributed by atoms with Crippen LogP contribution in [0, 0.1) is 15.9 Å². The number of halogens is 1. The molecule has 0 spiro atoms. The van der Waals surface area contributed by atoms with Crippen molar-refractivity contribution in [3.63, 3.8) is 0 Å². The zero-order chi connectivity index (χ0) is 14.0. The van der Waals surface area contributed by atoms with Crippen LogP contribution in [0.4, 0.5) is 10.1 Å². The maximum atomic E-state index is 14.0. The summed E-state index contributed by atoms with van der Waals surface area (Å²) >= 11 is 0. The Morgan fingerprint density at radius 1 is 1.53 bits per heavy atom. The fraction of sp³-hybridized carbons (Fsp3) is 0.538. The van der Waals surface area contributed by atoms with E-state index in [-0.39, 0.29) is 0 Å².